The van der Waals surface area contributed by atoms with Crippen LogP contribution in [0.1, 0.15) is 22.8 Å². The van der Waals surface area contributed by atoms with Gasteiger partial charge in [-0.15, -0.1) is 0 Å². The first-order chi connectivity index (χ1) is 9.41. The Bertz CT molecular complexity index is 526. The van der Waals surface area contributed by atoms with Gasteiger partial charge in [0.2, 0.25) is 0 Å². The quantitative estimate of drug-likeness (QED) is 0.359. The second-order valence-corrected chi connectivity index (χ2v) is 4.52. The summed E-state index contributed by atoms with van der Waals surface area (Å²) in [6.45, 7) is 8.40. The van der Waals surface area contributed by atoms with E-state index in [0.717, 1.165) is 5.57 Å². The largest absolute Gasteiger partial charge is 0.375 e. The van der Waals surface area contributed by atoms with E-state index in [9.17, 15) is 14.9 Å². The molecule has 0 unspecified atom stereocenters. The first-order valence-electron chi connectivity index (χ1n) is 6.17. The van der Waals surface area contributed by atoms with Gasteiger partial charge in [0.05, 0.1) is 18.1 Å². The van der Waals surface area contributed by atoms with E-state index in [1.165, 1.54) is 18.2 Å². The molecule has 0 aromatic heterocycles. The van der Waals surface area contributed by atoms with Crippen molar-refractivity contribution in [2.75, 3.05) is 19.8 Å². The Hall–Kier alpha value is -2.21. The second-order valence-electron chi connectivity index (χ2n) is 4.52. The fraction of sp³-hybridized carbons (Fsp3) is 0.357. The smallest absolute Gasteiger partial charge is 0.272 e. The number of hydrogen-bond donors (Lipinski definition) is 1. The van der Waals surface area contributed by atoms with Gasteiger partial charge < -0.3 is 10.1 Å². The van der Waals surface area contributed by atoms with Gasteiger partial charge >= 0.3 is 0 Å². The molecule has 1 aromatic rings. The number of nitro benzene ring substituents is 1. The van der Waals surface area contributed by atoms with E-state index in [1.807, 2.05) is 6.92 Å². The Balaban J connectivity index is 2.50. The number of carbonyl (C=O) groups excluding carboxylic acids is 1. The molecule has 0 aliphatic rings. The van der Waals surface area contributed by atoms with Gasteiger partial charge in [0, 0.05) is 23.7 Å². The zero-order valence-corrected chi connectivity index (χ0v) is 11.6. The lowest BCUT2D eigenvalue weighted by Gasteiger charge is -2.07. The molecule has 108 valence electrons. The van der Waals surface area contributed by atoms with E-state index in [0.29, 0.717) is 30.9 Å². The Labute approximate surface area is 117 Å². The highest BCUT2D eigenvalue weighted by atomic mass is 16.6. The first kappa shape index (κ1) is 15.8. The van der Waals surface area contributed by atoms with Crippen molar-refractivity contribution in [2.24, 2.45) is 0 Å². The molecule has 0 saturated carbocycles. The van der Waals surface area contributed by atoms with Crippen LogP contribution in [0, 0.1) is 17.0 Å². The number of nitro groups is 1. The van der Waals surface area contributed by atoms with Crippen LogP contribution in [0.3, 0.4) is 0 Å². The number of ether oxygens (including phenoxy) is 1. The van der Waals surface area contributed by atoms with Crippen LogP contribution >= 0.6 is 0 Å². The second kappa shape index (κ2) is 7.40. The Morgan fingerprint density at radius 1 is 1.50 bits per heavy atom. The molecule has 1 N–H and O–H groups in total. The highest BCUT2D eigenvalue weighted by Crippen LogP contribution is 2.18. The van der Waals surface area contributed by atoms with Crippen LogP contribution in [0.4, 0.5) is 5.69 Å². The number of aryl methyl sites for hydroxylation is 1. The molecule has 0 heterocycles. The normalized spacial score (nSPS) is 10.1. The zero-order chi connectivity index (χ0) is 15.1. The number of nitrogens with one attached hydrogen (secondary N) is 1. The lowest BCUT2D eigenvalue weighted by molar-refractivity contribution is -0.385. The molecule has 6 nitrogen and oxygen atoms in total. The van der Waals surface area contributed by atoms with E-state index in [-0.39, 0.29) is 11.6 Å². The summed E-state index contributed by atoms with van der Waals surface area (Å²) in [7, 11) is 0. The molecule has 0 bridgehead atoms. The van der Waals surface area contributed by atoms with Crippen molar-refractivity contribution in [3.63, 3.8) is 0 Å². The first-order valence-corrected chi connectivity index (χ1v) is 6.17. The summed E-state index contributed by atoms with van der Waals surface area (Å²) < 4.78 is 5.25. The molecule has 0 aliphatic carbocycles. The van der Waals surface area contributed by atoms with Gasteiger partial charge in [0.25, 0.3) is 11.6 Å². The Kier molecular flexibility index (Phi) is 5.86. The minimum atomic E-state index is -0.470. The molecule has 20 heavy (non-hydrogen) atoms. The zero-order valence-electron chi connectivity index (χ0n) is 11.6. The molecule has 1 amide bonds. The molecule has 0 fully saturated rings. The van der Waals surface area contributed by atoms with Crippen molar-refractivity contribution in [3.05, 3.63) is 51.6 Å². The van der Waals surface area contributed by atoms with Crippen LogP contribution in [0.2, 0.25) is 0 Å². The SMILES string of the molecule is C=C(C)COCCNC(=O)c1ccc([N+](=O)[O-])c(C)c1. The van der Waals surface area contributed by atoms with Gasteiger partial charge in [-0.25, -0.2) is 0 Å². The van der Waals surface area contributed by atoms with Crippen LogP contribution in [0.5, 0.6) is 0 Å². The third kappa shape index (κ3) is 4.81. The summed E-state index contributed by atoms with van der Waals surface area (Å²) in [4.78, 5) is 22.0. The maximum absolute atomic E-state index is 11.8. The molecule has 6 heteroatoms. The highest BCUT2D eigenvalue weighted by molar-refractivity contribution is 5.94. The molecule has 1 rings (SSSR count). The van der Waals surface area contributed by atoms with Gasteiger partial charge in [0.1, 0.15) is 0 Å². The topological polar surface area (TPSA) is 81.5 Å². The average Bonchev–Trinajstić information content (AvgIpc) is 2.37. The number of rotatable bonds is 7. The average molecular weight is 278 g/mol. The monoisotopic (exact) mass is 278 g/mol. The van der Waals surface area contributed by atoms with Crippen molar-refractivity contribution in [1.29, 1.82) is 0 Å². The summed E-state index contributed by atoms with van der Waals surface area (Å²) >= 11 is 0. The Morgan fingerprint density at radius 2 is 2.20 bits per heavy atom. The van der Waals surface area contributed by atoms with Crippen molar-refractivity contribution in [1.82, 2.24) is 5.32 Å². The number of benzene rings is 1. The summed E-state index contributed by atoms with van der Waals surface area (Å²) in [5.41, 5.74) is 1.78. The van der Waals surface area contributed by atoms with Gasteiger partial charge in [-0.05, 0) is 26.0 Å². The molecular formula is C14H18N2O4. The minimum Gasteiger partial charge on any atom is -0.375 e. The van der Waals surface area contributed by atoms with Crippen LogP contribution in [-0.4, -0.2) is 30.6 Å². The molecule has 1 aromatic carbocycles. The molecule has 0 aliphatic heterocycles. The van der Waals surface area contributed by atoms with Crippen LogP contribution < -0.4 is 5.32 Å². The van der Waals surface area contributed by atoms with Crippen LogP contribution in [0.15, 0.2) is 30.4 Å². The van der Waals surface area contributed by atoms with Crippen molar-refractivity contribution < 1.29 is 14.5 Å². The molecule has 0 spiro atoms. The third-order valence-corrected chi connectivity index (χ3v) is 2.54. The van der Waals surface area contributed by atoms with Gasteiger partial charge in [-0.3, -0.25) is 14.9 Å². The molecular weight excluding hydrogens is 260 g/mol. The lowest BCUT2D eigenvalue weighted by atomic mass is 10.1. The van der Waals surface area contributed by atoms with Crippen molar-refractivity contribution >= 4 is 11.6 Å². The van der Waals surface area contributed by atoms with E-state index >= 15 is 0 Å². The van der Waals surface area contributed by atoms with E-state index in [4.69, 9.17) is 4.74 Å². The number of hydrogen-bond acceptors (Lipinski definition) is 4. The van der Waals surface area contributed by atoms with Gasteiger partial charge in [-0.2, -0.15) is 0 Å². The summed E-state index contributed by atoms with van der Waals surface area (Å²) in [5, 5.41) is 13.4. The van der Waals surface area contributed by atoms with Crippen LogP contribution in [-0.2, 0) is 4.74 Å². The predicted octanol–water partition coefficient (Wildman–Crippen LogP) is 2.23. The summed E-state index contributed by atoms with van der Waals surface area (Å²) in [6, 6.07) is 4.28. The molecule has 0 radical (unpaired) electrons. The van der Waals surface area contributed by atoms with E-state index in [2.05, 4.69) is 11.9 Å². The number of carbonyl (C=O) groups is 1. The van der Waals surface area contributed by atoms with Gasteiger partial charge in [0.15, 0.2) is 0 Å². The molecule has 0 saturated heterocycles. The third-order valence-electron chi connectivity index (χ3n) is 2.54. The Morgan fingerprint density at radius 3 is 2.75 bits per heavy atom. The summed E-state index contributed by atoms with van der Waals surface area (Å²) in [6.07, 6.45) is 0. The van der Waals surface area contributed by atoms with Crippen molar-refractivity contribution in [2.45, 2.75) is 13.8 Å². The number of amides is 1. The maximum atomic E-state index is 11.8. The van der Waals surface area contributed by atoms with Crippen molar-refractivity contribution in [3.8, 4) is 0 Å². The number of nitrogens with zero attached hydrogens (tertiary/aromatic N) is 1. The fourth-order valence-electron chi connectivity index (χ4n) is 1.59. The predicted molar refractivity (Wildman–Crippen MR) is 75.8 cm³/mol. The summed E-state index contributed by atoms with van der Waals surface area (Å²) in [5.74, 6) is -0.276. The van der Waals surface area contributed by atoms with E-state index < -0.39 is 4.92 Å². The maximum Gasteiger partial charge on any atom is 0.272 e. The molecule has 0 atom stereocenters. The fourth-order valence-corrected chi connectivity index (χ4v) is 1.59. The van der Waals surface area contributed by atoms with Gasteiger partial charge in [-0.1, -0.05) is 12.2 Å². The highest BCUT2D eigenvalue weighted by Gasteiger charge is 2.13. The van der Waals surface area contributed by atoms with E-state index in [1.54, 1.807) is 6.92 Å². The van der Waals surface area contributed by atoms with Crippen LogP contribution in [0.25, 0.3) is 0 Å². The minimum absolute atomic E-state index is 0.00587. The standard InChI is InChI=1S/C14H18N2O4/c1-10(2)9-20-7-6-15-14(17)12-4-5-13(16(18)19)11(3)8-12/h4-5,8H,1,6-7,9H2,2-3H3,(H,15,17). The lowest BCUT2D eigenvalue weighted by Crippen LogP contribution is -2.27.